The number of hydrogen-bond acceptors (Lipinski definition) is 10. The first-order chi connectivity index (χ1) is 13.9. The largest absolute Gasteiger partial charge is 0.457 e. The molecule has 2 bridgehead atoms. The number of carbonyl (C=O) groups is 2. The van der Waals surface area contributed by atoms with E-state index < -0.39 is 82.4 Å². The van der Waals surface area contributed by atoms with E-state index in [1.165, 1.54) is 6.08 Å². The summed E-state index contributed by atoms with van der Waals surface area (Å²) in [4.78, 5) is 25.2. The number of rotatable bonds is 0. The van der Waals surface area contributed by atoms with Crippen LogP contribution in [0, 0.1) is 17.3 Å². The van der Waals surface area contributed by atoms with Gasteiger partial charge in [-0.15, -0.1) is 0 Å². The van der Waals surface area contributed by atoms with Gasteiger partial charge < -0.3 is 39.7 Å². The Morgan fingerprint density at radius 2 is 1.73 bits per heavy atom. The molecule has 3 aliphatic heterocycles. The van der Waals surface area contributed by atoms with Crippen LogP contribution >= 0.6 is 0 Å². The fourth-order valence-corrected chi connectivity index (χ4v) is 7.80. The minimum absolute atomic E-state index is 0.0999. The summed E-state index contributed by atoms with van der Waals surface area (Å²) in [5.41, 5.74) is -8.91. The number of carbonyl (C=O) groups excluding carboxylic acids is 2. The van der Waals surface area contributed by atoms with Crippen LogP contribution in [0.3, 0.4) is 0 Å². The lowest BCUT2D eigenvalue weighted by atomic mass is 9.38. The summed E-state index contributed by atoms with van der Waals surface area (Å²) in [7, 11) is 0. The Labute approximate surface area is 171 Å². The standard InChI is InChI=1S/C20H24O10/c1-7-3-9(21)11(22)16(2)8(7)4-10-19-14(16)17(26,5-29-19)15(25)18(6-28-18)20(19,27)12(23)13(24)30-10/h3,8,10-12,14-15,22-23,25-27H,4-6H2,1-2H3/t8-,10+,11+,12-,14-,15-,16+,17+,18-,19?,20+/m0/s1. The number of allylic oxidation sites excluding steroid dienone is 1. The molecule has 0 radical (unpaired) electrons. The summed E-state index contributed by atoms with van der Waals surface area (Å²) in [5.74, 6) is -3.37. The highest BCUT2D eigenvalue weighted by molar-refractivity contribution is 5.96. The molecule has 5 fully saturated rings. The van der Waals surface area contributed by atoms with Crippen molar-refractivity contribution in [2.45, 2.75) is 67.1 Å². The Balaban J connectivity index is 1.68. The maximum Gasteiger partial charge on any atom is 0.338 e. The molecule has 2 spiro atoms. The van der Waals surface area contributed by atoms with E-state index in [1.807, 2.05) is 0 Å². The van der Waals surface area contributed by atoms with Crippen LogP contribution < -0.4 is 0 Å². The van der Waals surface area contributed by atoms with Crippen LogP contribution in [0.4, 0.5) is 0 Å². The second kappa shape index (κ2) is 4.98. The highest BCUT2D eigenvalue weighted by Gasteiger charge is 2.95. The van der Waals surface area contributed by atoms with Crippen molar-refractivity contribution >= 4 is 11.8 Å². The van der Waals surface area contributed by atoms with E-state index in [1.54, 1.807) is 13.8 Å². The molecule has 164 valence electrons. The summed E-state index contributed by atoms with van der Waals surface area (Å²) >= 11 is 0. The van der Waals surface area contributed by atoms with Crippen molar-refractivity contribution in [2.24, 2.45) is 17.3 Å². The van der Waals surface area contributed by atoms with Gasteiger partial charge in [0, 0.05) is 11.3 Å². The van der Waals surface area contributed by atoms with Crippen LogP contribution in [0.15, 0.2) is 11.6 Å². The number of fused-ring (bicyclic) bond motifs is 2. The number of hydrogen-bond donors (Lipinski definition) is 5. The lowest BCUT2D eigenvalue weighted by molar-refractivity contribution is -0.367. The molecular formula is C20H24O10. The van der Waals surface area contributed by atoms with Gasteiger partial charge in [-0.2, -0.15) is 0 Å². The van der Waals surface area contributed by atoms with E-state index in [2.05, 4.69) is 0 Å². The van der Waals surface area contributed by atoms with Crippen molar-refractivity contribution in [3.63, 3.8) is 0 Å². The molecule has 6 rings (SSSR count). The highest BCUT2D eigenvalue weighted by atomic mass is 16.7. The van der Waals surface area contributed by atoms with Crippen LogP contribution in [0.2, 0.25) is 0 Å². The van der Waals surface area contributed by atoms with Gasteiger partial charge >= 0.3 is 5.97 Å². The molecule has 30 heavy (non-hydrogen) atoms. The second-order valence-corrected chi connectivity index (χ2v) is 10.0. The van der Waals surface area contributed by atoms with Crippen molar-refractivity contribution in [1.29, 1.82) is 0 Å². The normalized spacial score (nSPS) is 63.1. The molecular weight excluding hydrogens is 400 g/mol. The van der Waals surface area contributed by atoms with E-state index in [0.717, 1.165) is 0 Å². The molecule has 3 heterocycles. The molecule has 1 unspecified atom stereocenters. The van der Waals surface area contributed by atoms with Gasteiger partial charge in [0.2, 0.25) is 0 Å². The Kier molecular flexibility index (Phi) is 3.21. The van der Waals surface area contributed by atoms with Gasteiger partial charge in [-0.25, -0.2) is 4.79 Å². The first kappa shape index (κ1) is 19.3. The maximum absolute atomic E-state index is 12.6. The molecule has 3 saturated heterocycles. The predicted octanol–water partition coefficient (Wildman–Crippen LogP) is -2.82. The fraction of sp³-hybridized carbons (Fsp3) is 0.800. The lowest BCUT2D eigenvalue weighted by Gasteiger charge is -2.69. The van der Waals surface area contributed by atoms with Crippen LogP contribution in [-0.4, -0.2) is 97.3 Å². The van der Waals surface area contributed by atoms with Gasteiger partial charge in [-0.05, 0) is 25.3 Å². The van der Waals surface area contributed by atoms with Crippen molar-refractivity contribution in [1.82, 2.24) is 0 Å². The summed E-state index contributed by atoms with van der Waals surface area (Å²) in [6, 6.07) is 0. The number of ether oxygens (including phenoxy) is 3. The van der Waals surface area contributed by atoms with Crippen molar-refractivity contribution < 1.29 is 49.3 Å². The Bertz CT molecular complexity index is 927. The topological polar surface area (TPSA) is 166 Å². The van der Waals surface area contributed by atoms with Gasteiger partial charge in [0.15, 0.2) is 23.1 Å². The van der Waals surface area contributed by atoms with Crippen LogP contribution in [0.25, 0.3) is 0 Å². The number of aliphatic hydroxyl groups excluding tert-OH is 3. The molecule has 2 saturated carbocycles. The van der Waals surface area contributed by atoms with E-state index in [4.69, 9.17) is 14.2 Å². The van der Waals surface area contributed by atoms with Gasteiger partial charge in [-0.1, -0.05) is 12.5 Å². The minimum Gasteiger partial charge on any atom is -0.457 e. The van der Waals surface area contributed by atoms with Crippen molar-refractivity contribution in [2.75, 3.05) is 13.2 Å². The summed E-state index contributed by atoms with van der Waals surface area (Å²) < 4.78 is 17.0. The maximum atomic E-state index is 12.6. The van der Waals surface area contributed by atoms with Crippen LogP contribution in [0.5, 0.6) is 0 Å². The van der Waals surface area contributed by atoms with Crippen molar-refractivity contribution in [3.8, 4) is 0 Å². The minimum atomic E-state index is -2.45. The molecule has 10 heteroatoms. The first-order valence-electron chi connectivity index (χ1n) is 10.1. The van der Waals surface area contributed by atoms with Crippen LogP contribution in [0.1, 0.15) is 20.3 Å². The van der Waals surface area contributed by atoms with E-state index in [9.17, 15) is 35.1 Å². The zero-order valence-corrected chi connectivity index (χ0v) is 16.4. The highest BCUT2D eigenvalue weighted by Crippen LogP contribution is 2.74. The molecule has 0 aromatic carbocycles. The zero-order chi connectivity index (χ0) is 21.6. The SMILES string of the molecule is CC1=CC(=O)[C@@H](O)[C@]2(C)[C@@H]3C45OC[C@]3(O)[C@H](O)[C@@]3(CO3)[C@]4(O)[C@@H](O)C(=O)O[C@@H]5C[C@@H]12. The third-order valence-electron chi connectivity index (χ3n) is 9.04. The predicted molar refractivity (Wildman–Crippen MR) is 93.6 cm³/mol. The van der Waals surface area contributed by atoms with Gasteiger partial charge in [0.05, 0.1) is 13.2 Å². The molecule has 10 nitrogen and oxygen atoms in total. The van der Waals surface area contributed by atoms with Gasteiger partial charge in [-0.3, -0.25) is 4.79 Å². The number of esters is 1. The molecule has 0 aromatic rings. The average Bonchev–Trinajstić information content (AvgIpc) is 3.44. The third kappa shape index (κ3) is 1.53. The average molecular weight is 424 g/mol. The van der Waals surface area contributed by atoms with Gasteiger partial charge in [0.25, 0.3) is 0 Å². The fourth-order valence-electron chi connectivity index (χ4n) is 7.80. The summed E-state index contributed by atoms with van der Waals surface area (Å²) in [6.07, 6.45) is -5.05. The number of epoxide rings is 1. The Morgan fingerprint density at radius 3 is 2.37 bits per heavy atom. The zero-order valence-electron chi connectivity index (χ0n) is 16.4. The molecule has 6 aliphatic rings. The van der Waals surface area contributed by atoms with Gasteiger partial charge in [0.1, 0.15) is 29.5 Å². The van der Waals surface area contributed by atoms with Crippen molar-refractivity contribution in [3.05, 3.63) is 11.6 Å². The Morgan fingerprint density at radius 1 is 1.07 bits per heavy atom. The lowest BCUT2D eigenvalue weighted by Crippen LogP contribution is -2.90. The first-order valence-corrected chi connectivity index (χ1v) is 10.1. The molecule has 5 N–H and O–H groups in total. The monoisotopic (exact) mass is 424 g/mol. The molecule has 11 atom stereocenters. The van der Waals surface area contributed by atoms with E-state index in [0.29, 0.717) is 5.57 Å². The quantitative estimate of drug-likeness (QED) is 0.202. The summed E-state index contributed by atoms with van der Waals surface area (Å²) in [5, 5.41) is 56.8. The second-order valence-electron chi connectivity index (χ2n) is 10.0. The molecule has 0 amide bonds. The smallest absolute Gasteiger partial charge is 0.338 e. The van der Waals surface area contributed by atoms with E-state index in [-0.39, 0.29) is 13.0 Å². The molecule has 3 aliphatic carbocycles. The number of ketones is 1. The summed E-state index contributed by atoms with van der Waals surface area (Å²) in [6.45, 7) is 2.68. The Hall–Kier alpha value is -1.40. The van der Waals surface area contributed by atoms with E-state index >= 15 is 0 Å². The third-order valence-corrected chi connectivity index (χ3v) is 9.04. The molecule has 0 aromatic heterocycles. The number of aliphatic hydroxyl groups is 5. The van der Waals surface area contributed by atoms with Crippen LogP contribution in [-0.2, 0) is 23.8 Å².